The normalized spacial score (nSPS) is 24.2. The van der Waals surface area contributed by atoms with Gasteiger partial charge in [0.15, 0.2) is 0 Å². The molecule has 2 heterocycles. The summed E-state index contributed by atoms with van der Waals surface area (Å²) in [7, 11) is 0. The van der Waals surface area contributed by atoms with Crippen molar-refractivity contribution in [2.45, 2.75) is 59.2 Å². The van der Waals surface area contributed by atoms with Crippen molar-refractivity contribution in [1.82, 2.24) is 15.2 Å². The first-order valence-electron chi connectivity index (χ1n) is 7.97. The Labute approximate surface area is 127 Å². The Morgan fingerprint density at radius 1 is 1.38 bits per heavy atom. The minimum absolute atomic E-state index is 0.232. The van der Waals surface area contributed by atoms with E-state index >= 15 is 0 Å². The highest BCUT2D eigenvalue weighted by atomic mass is 19.1. The molecule has 0 spiro atoms. The lowest BCUT2D eigenvalue weighted by atomic mass is 9.84. The minimum atomic E-state index is -0.248. The molecule has 1 aliphatic heterocycles. The number of pyridine rings is 1. The molecular formula is C17H28FN3. The summed E-state index contributed by atoms with van der Waals surface area (Å²) in [6.45, 7) is 11.8. The summed E-state index contributed by atoms with van der Waals surface area (Å²) in [5.74, 6) is -0.248. The van der Waals surface area contributed by atoms with E-state index in [1.54, 1.807) is 12.3 Å². The Morgan fingerprint density at radius 3 is 2.76 bits per heavy atom. The zero-order valence-corrected chi connectivity index (χ0v) is 13.7. The fraction of sp³-hybridized carbons (Fsp3) is 0.706. The largest absolute Gasteiger partial charge is 0.311 e. The van der Waals surface area contributed by atoms with Crippen LogP contribution >= 0.6 is 0 Å². The zero-order chi connectivity index (χ0) is 15.5. The summed E-state index contributed by atoms with van der Waals surface area (Å²) in [6, 6.07) is 2.59. The zero-order valence-electron chi connectivity index (χ0n) is 13.7. The molecule has 0 saturated carbocycles. The SMILES string of the molecule is CCCC1CNC(C(C)(C)C)CN1Cc1cncc(F)c1. The molecule has 2 unspecified atom stereocenters. The number of halogens is 1. The summed E-state index contributed by atoms with van der Waals surface area (Å²) >= 11 is 0. The molecule has 0 aliphatic carbocycles. The number of nitrogens with zero attached hydrogens (tertiary/aromatic N) is 2. The van der Waals surface area contributed by atoms with Gasteiger partial charge in [-0.15, -0.1) is 0 Å². The third-order valence-electron chi connectivity index (χ3n) is 4.35. The van der Waals surface area contributed by atoms with Crippen molar-refractivity contribution in [1.29, 1.82) is 0 Å². The van der Waals surface area contributed by atoms with Gasteiger partial charge in [0.2, 0.25) is 0 Å². The van der Waals surface area contributed by atoms with Gasteiger partial charge in [0.1, 0.15) is 5.82 Å². The van der Waals surface area contributed by atoms with Gasteiger partial charge < -0.3 is 5.32 Å². The third kappa shape index (κ3) is 4.48. The van der Waals surface area contributed by atoms with Gasteiger partial charge in [-0.1, -0.05) is 34.1 Å². The molecule has 0 amide bonds. The molecule has 4 heteroatoms. The van der Waals surface area contributed by atoms with Gasteiger partial charge >= 0.3 is 0 Å². The van der Waals surface area contributed by atoms with Gasteiger partial charge in [0.05, 0.1) is 6.20 Å². The van der Waals surface area contributed by atoms with Crippen LogP contribution in [-0.2, 0) is 6.54 Å². The molecule has 1 aromatic rings. The van der Waals surface area contributed by atoms with E-state index < -0.39 is 0 Å². The van der Waals surface area contributed by atoms with Crippen LogP contribution in [0.5, 0.6) is 0 Å². The highest BCUT2D eigenvalue weighted by Crippen LogP contribution is 2.25. The van der Waals surface area contributed by atoms with Crippen LogP contribution < -0.4 is 5.32 Å². The van der Waals surface area contributed by atoms with Crippen LogP contribution in [0.4, 0.5) is 4.39 Å². The summed E-state index contributed by atoms with van der Waals surface area (Å²) in [5.41, 5.74) is 1.20. The van der Waals surface area contributed by atoms with E-state index in [-0.39, 0.29) is 11.2 Å². The van der Waals surface area contributed by atoms with Crippen LogP contribution in [0.2, 0.25) is 0 Å². The van der Waals surface area contributed by atoms with E-state index in [9.17, 15) is 4.39 Å². The second kappa shape index (κ2) is 6.84. The van der Waals surface area contributed by atoms with E-state index in [0.717, 1.165) is 25.2 Å². The predicted octanol–water partition coefficient (Wildman–Crippen LogP) is 3.21. The van der Waals surface area contributed by atoms with Crippen LogP contribution in [0.15, 0.2) is 18.5 Å². The fourth-order valence-corrected chi connectivity index (χ4v) is 3.02. The maximum Gasteiger partial charge on any atom is 0.141 e. The molecule has 118 valence electrons. The molecule has 2 rings (SSSR count). The van der Waals surface area contributed by atoms with Crippen molar-refractivity contribution in [2.24, 2.45) is 5.41 Å². The molecule has 1 N–H and O–H groups in total. The van der Waals surface area contributed by atoms with Crippen molar-refractivity contribution in [3.8, 4) is 0 Å². The maximum atomic E-state index is 13.3. The molecule has 1 fully saturated rings. The topological polar surface area (TPSA) is 28.2 Å². The lowest BCUT2D eigenvalue weighted by Crippen LogP contribution is -2.59. The smallest absolute Gasteiger partial charge is 0.141 e. The fourth-order valence-electron chi connectivity index (χ4n) is 3.02. The van der Waals surface area contributed by atoms with Crippen molar-refractivity contribution in [3.05, 3.63) is 29.8 Å². The van der Waals surface area contributed by atoms with Crippen molar-refractivity contribution in [2.75, 3.05) is 13.1 Å². The molecule has 1 aromatic heterocycles. The van der Waals surface area contributed by atoms with Crippen molar-refractivity contribution >= 4 is 0 Å². The first-order valence-corrected chi connectivity index (χ1v) is 7.97. The monoisotopic (exact) mass is 293 g/mol. The molecule has 0 aromatic carbocycles. The Bertz CT molecular complexity index is 456. The van der Waals surface area contributed by atoms with E-state index in [2.05, 4.69) is 42.9 Å². The van der Waals surface area contributed by atoms with Crippen molar-refractivity contribution in [3.63, 3.8) is 0 Å². The number of piperazine rings is 1. The van der Waals surface area contributed by atoms with Gasteiger partial charge in [0.25, 0.3) is 0 Å². The molecule has 0 bridgehead atoms. The predicted molar refractivity (Wildman–Crippen MR) is 84.5 cm³/mol. The lowest BCUT2D eigenvalue weighted by Gasteiger charge is -2.45. The molecule has 2 atom stereocenters. The Balaban J connectivity index is 2.10. The number of nitrogens with one attached hydrogen (secondary N) is 1. The quantitative estimate of drug-likeness (QED) is 0.924. The molecule has 21 heavy (non-hydrogen) atoms. The van der Waals surface area contributed by atoms with Gasteiger partial charge in [-0.2, -0.15) is 0 Å². The molecule has 1 saturated heterocycles. The average Bonchev–Trinajstić information content (AvgIpc) is 2.40. The Morgan fingerprint density at radius 2 is 2.14 bits per heavy atom. The van der Waals surface area contributed by atoms with E-state index in [1.807, 2.05) is 0 Å². The van der Waals surface area contributed by atoms with Crippen LogP contribution in [0.3, 0.4) is 0 Å². The van der Waals surface area contributed by atoms with Crippen molar-refractivity contribution < 1.29 is 4.39 Å². The number of hydrogen-bond donors (Lipinski definition) is 1. The first kappa shape index (κ1) is 16.4. The molecule has 3 nitrogen and oxygen atoms in total. The Hall–Kier alpha value is -1.00. The van der Waals surface area contributed by atoms with Crippen LogP contribution in [-0.4, -0.2) is 35.1 Å². The highest BCUT2D eigenvalue weighted by molar-refractivity contribution is 5.11. The van der Waals surface area contributed by atoms with E-state index in [4.69, 9.17) is 0 Å². The van der Waals surface area contributed by atoms with Crippen LogP contribution in [0.1, 0.15) is 46.1 Å². The standard InChI is InChI=1S/C17H28FN3/c1-5-6-15-10-20-16(17(2,3)4)12-21(15)11-13-7-14(18)9-19-8-13/h7-9,15-16,20H,5-6,10-12H2,1-4H3. The molecular weight excluding hydrogens is 265 g/mol. The Kier molecular flexibility index (Phi) is 5.33. The number of rotatable bonds is 4. The third-order valence-corrected chi connectivity index (χ3v) is 4.35. The van der Waals surface area contributed by atoms with E-state index in [1.165, 1.54) is 19.0 Å². The van der Waals surface area contributed by atoms with E-state index in [0.29, 0.717) is 12.1 Å². The summed E-state index contributed by atoms with van der Waals surface area (Å²) in [4.78, 5) is 6.46. The van der Waals surface area contributed by atoms with Gasteiger partial charge in [-0.05, 0) is 23.5 Å². The second-order valence-electron chi connectivity index (χ2n) is 7.21. The van der Waals surface area contributed by atoms with Crippen LogP contribution in [0.25, 0.3) is 0 Å². The summed E-state index contributed by atoms with van der Waals surface area (Å²) < 4.78 is 13.3. The highest BCUT2D eigenvalue weighted by Gasteiger charge is 2.33. The summed E-state index contributed by atoms with van der Waals surface area (Å²) in [6.07, 6.45) is 5.39. The molecule has 1 aliphatic rings. The minimum Gasteiger partial charge on any atom is -0.311 e. The van der Waals surface area contributed by atoms with Gasteiger partial charge in [-0.3, -0.25) is 9.88 Å². The lowest BCUT2D eigenvalue weighted by molar-refractivity contribution is 0.0746. The summed E-state index contributed by atoms with van der Waals surface area (Å²) in [5, 5.41) is 3.69. The van der Waals surface area contributed by atoms with Gasteiger partial charge in [-0.25, -0.2) is 4.39 Å². The number of aromatic nitrogens is 1. The second-order valence-corrected chi connectivity index (χ2v) is 7.21. The maximum absolute atomic E-state index is 13.3. The van der Waals surface area contributed by atoms with Gasteiger partial charge in [0, 0.05) is 37.9 Å². The van der Waals surface area contributed by atoms with Crippen LogP contribution in [0, 0.1) is 11.2 Å². The first-order chi connectivity index (χ1) is 9.90. The molecule has 0 radical (unpaired) electrons. The average molecular weight is 293 g/mol. The number of hydrogen-bond acceptors (Lipinski definition) is 3.